The number of benzene rings is 1. The maximum atomic E-state index is 11.4. The van der Waals surface area contributed by atoms with E-state index < -0.39 is 9.84 Å². The SMILES string of the molecule is Cc1ccc(N(C)CC2CCS(=O)(=O)C2)cc1C. The Morgan fingerprint density at radius 2 is 2.00 bits per heavy atom. The van der Waals surface area contributed by atoms with Gasteiger partial charge in [0.15, 0.2) is 9.84 Å². The van der Waals surface area contributed by atoms with Crippen LogP contribution in [-0.2, 0) is 9.84 Å². The summed E-state index contributed by atoms with van der Waals surface area (Å²) in [5.41, 5.74) is 3.73. The summed E-state index contributed by atoms with van der Waals surface area (Å²) in [5, 5.41) is 0. The van der Waals surface area contributed by atoms with E-state index in [2.05, 4.69) is 36.9 Å². The zero-order valence-electron chi connectivity index (χ0n) is 11.3. The van der Waals surface area contributed by atoms with Crippen molar-refractivity contribution in [2.45, 2.75) is 20.3 Å². The molecule has 0 aromatic heterocycles. The van der Waals surface area contributed by atoms with Crippen LogP contribution < -0.4 is 4.90 Å². The molecule has 1 heterocycles. The maximum Gasteiger partial charge on any atom is 0.150 e. The smallest absolute Gasteiger partial charge is 0.150 e. The molecule has 4 heteroatoms. The van der Waals surface area contributed by atoms with Gasteiger partial charge < -0.3 is 4.90 Å². The van der Waals surface area contributed by atoms with Crippen LogP contribution in [0.2, 0.25) is 0 Å². The Labute approximate surface area is 110 Å². The molecule has 100 valence electrons. The van der Waals surface area contributed by atoms with Crippen molar-refractivity contribution in [2.75, 3.05) is 30.0 Å². The molecule has 0 saturated carbocycles. The molecule has 1 atom stereocenters. The fraction of sp³-hybridized carbons (Fsp3) is 0.571. The molecular formula is C14H21NO2S. The standard InChI is InChI=1S/C14H21NO2S/c1-11-4-5-14(8-12(11)2)15(3)9-13-6-7-18(16,17)10-13/h4-5,8,13H,6-7,9-10H2,1-3H3. The lowest BCUT2D eigenvalue weighted by molar-refractivity contribution is 0.581. The second-order valence-electron chi connectivity index (χ2n) is 5.42. The van der Waals surface area contributed by atoms with E-state index in [-0.39, 0.29) is 5.92 Å². The zero-order valence-corrected chi connectivity index (χ0v) is 12.1. The van der Waals surface area contributed by atoms with Gasteiger partial charge in [0.2, 0.25) is 0 Å². The van der Waals surface area contributed by atoms with E-state index in [1.165, 1.54) is 16.8 Å². The fourth-order valence-electron chi connectivity index (χ4n) is 2.47. The predicted molar refractivity (Wildman–Crippen MR) is 75.9 cm³/mol. The Morgan fingerprint density at radius 1 is 1.28 bits per heavy atom. The first-order chi connectivity index (χ1) is 8.37. The predicted octanol–water partition coefficient (Wildman–Crippen LogP) is 2.17. The van der Waals surface area contributed by atoms with Crippen molar-refractivity contribution in [3.8, 4) is 0 Å². The van der Waals surface area contributed by atoms with E-state index in [1.807, 2.05) is 7.05 Å². The lowest BCUT2D eigenvalue weighted by Crippen LogP contribution is -2.26. The fourth-order valence-corrected chi connectivity index (χ4v) is 4.32. The molecule has 1 saturated heterocycles. The van der Waals surface area contributed by atoms with Crippen molar-refractivity contribution in [3.05, 3.63) is 29.3 Å². The van der Waals surface area contributed by atoms with E-state index in [0.29, 0.717) is 11.5 Å². The van der Waals surface area contributed by atoms with Crippen molar-refractivity contribution in [2.24, 2.45) is 5.92 Å². The Hall–Kier alpha value is -1.03. The summed E-state index contributed by atoms with van der Waals surface area (Å²) in [5.74, 6) is 0.988. The third kappa shape index (κ3) is 3.05. The number of hydrogen-bond acceptors (Lipinski definition) is 3. The molecule has 0 N–H and O–H groups in total. The molecule has 0 spiro atoms. The second-order valence-corrected chi connectivity index (χ2v) is 7.65. The molecule has 1 aliphatic rings. The van der Waals surface area contributed by atoms with Crippen molar-refractivity contribution < 1.29 is 8.42 Å². The number of hydrogen-bond donors (Lipinski definition) is 0. The van der Waals surface area contributed by atoms with Gasteiger partial charge in [0.05, 0.1) is 11.5 Å². The van der Waals surface area contributed by atoms with Crippen LogP contribution in [-0.4, -0.2) is 33.5 Å². The quantitative estimate of drug-likeness (QED) is 0.842. The van der Waals surface area contributed by atoms with Gasteiger partial charge >= 0.3 is 0 Å². The molecule has 1 aromatic carbocycles. The van der Waals surface area contributed by atoms with E-state index in [1.54, 1.807) is 0 Å². The Balaban J connectivity index is 2.04. The van der Waals surface area contributed by atoms with Gasteiger partial charge in [-0.1, -0.05) is 6.07 Å². The van der Waals surface area contributed by atoms with Gasteiger partial charge in [-0.3, -0.25) is 0 Å². The lowest BCUT2D eigenvalue weighted by Gasteiger charge is -2.23. The monoisotopic (exact) mass is 267 g/mol. The summed E-state index contributed by atoms with van der Waals surface area (Å²) in [6.45, 7) is 5.02. The number of nitrogens with zero attached hydrogens (tertiary/aromatic N) is 1. The molecule has 1 unspecified atom stereocenters. The molecule has 0 aliphatic carbocycles. The molecule has 0 radical (unpaired) electrons. The molecular weight excluding hydrogens is 246 g/mol. The van der Waals surface area contributed by atoms with Crippen LogP contribution in [0.25, 0.3) is 0 Å². The number of sulfone groups is 1. The zero-order chi connectivity index (χ0) is 13.3. The molecule has 1 fully saturated rings. The van der Waals surface area contributed by atoms with Crippen molar-refractivity contribution >= 4 is 15.5 Å². The molecule has 18 heavy (non-hydrogen) atoms. The van der Waals surface area contributed by atoms with E-state index in [0.717, 1.165) is 13.0 Å². The number of rotatable bonds is 3. The average molecular weight is 267 g/mol. The minimum absolute atomic E-state index is 0.279. The highest BCUT2D eigenvalue weighted by Gasteiger charge is 2.28. The van der Waals surface area contributed by atoms with Crippen molar-refractivity contribution in [3.63, 3.8) is 0 Å². The van der Waals surface area contributed by atoms with Crippen LogP contribution in [0.1, 0.15) is 17.5 Å². The summed E-state index contributed by atoms with van der Waals surface area (Å²) in [4.78, 5) is 2.16. The average Bonchev–Trinajstić information content (AvgIpc) is 2.62. The Kier molecular flexibility index (Phi) is 3.66. The lowest BCUT2D eigenvalue weighted by atomic mass is 10.1. The molecule has 1 aromatic rings. The first-order valence-electron chi connectivity index (χ1n) is 6.36. The highest BCUT2D eigenvalue weighted by molar-refractivity contribution is 7.91. The van der Waals surface area contributed by atoms with Crippen LogP contribution in [0.5, 0.6) is 0 Å². The second kappa shape index (κ2) is 4.92. The van der Waals surface area contributed by atoms with Gasteiger partial charge in [-0.2, -0.15) is 0 Å². The first kappa shape index (κ1) is 13.4. The van der Waals surface area contributed by atoms with Gasteiger partial charge in [0, 0.05) is 19.3 Å². The highest BCUT2D eigenvalue weighted by atomic mass is 32.2. The van der Waals surface area contributed by atoms with Crippen molar-refractivity contribution in [1.82, 2.24) is 0 Å². The van der Waals surface area contributed by atoms with E-state index >= 15 is 0 Å². The highest BCUT2D eigenvalue weighted by Crippen LogP contribution is 2.23. The molecule has 3 nitrogen and oxygen atoms in total. The first-order valence-corrected chi connectivity index (χ1v) is 8.18. The van der Waals surface area contributed by atoms with Crippen LogP contribution in [0.3, 0.4) is 0 Å². The third-order valence-electron chi connectivity index (χ3n) is 3.79. The van der Waals surface area contributed by atoms with Gasteiger partial charge in [-0.15, -0.1) is 0 Å². The van der Waals surface area contributed by atoms with Crippen molar-refractivity contribution in [1.29, 1.82) is 0 Å². The summed E-state index contributed by atoms with van der Waals surface area (Å²) < 4.78 is 22.9. The van der Waals surface area contributed by atoms with Gasteiger partial charge in [-0.05, 0) is 49.4 Å². The normalized spacial score (nSPS) is 22.1. The maximum absolute atomic E-state index is 11.4. The Morgan fingerprint density at radius 3 is 2.56 bits per heavy atom. The van der Waals surface area contributed by atoms with Gasteiger partial charge in [-0.25, -0.2) is 8.42 Å². The van der Waals surface area contributed by atoms with Crippen LogP contribution >= 0.6 is 0 Å². The van der Waals surface area contributed by atoms with Crippen LogP contribution in [0, 0.1) is 19.8 Å². The van der Waals surface area contributed by atoms with Gasteiger partial charge in [0.1, 0.15) is 0 Å². The minimum Gasteiger partial charge on any atom is -0.374 e. The molecule has 1 aliphatic heterocycles. The Bertz CT molecular complexity index is 537. The van der Waals surface area contributed by atoms with Gasteiger partial charge in [0.25, 0.3) is 0 Å². The van der Waals surface area contributed by atoms with E-state index in [4.69, 9.17) is 0 Å². The minimum atomic E-state index is -2.76. The van der Waals surface area contributed by atoms with Crippen LogP contribution in [0.4, 0.5) is 5.69 Å². The summed E-state index contributed by atoms with van der Waals surface area (Å²) in [7, 11) is -0.728. The summed E-state index contributed by atoms with van der Waals surface area (Å²) >= 11 is 0. The largest absolute Gasteiger partial charge is 0.374 e. The molecule has 2 rings (SSSR count). The van der Waals surface area contributed by atoms with Crippen LogP contribution in [0.15, 0.2) is 18.2 Å². The third-order valence-corrected chi connectivity index (χ3v) is 5.63. The topological polar surface area (TPSA) is 37.4 Å². The summed E-state index contributed by atoms with van der Waals surface area (Å²) in [6, 6.07) is 6.39. The molecule has 0 amide bonds. The summed E-state index contributed by atoms with van der Waals surface area (Å²) in [6.07, 6.45) is 0.803. The number of aryl methyl sites for hydroxylation is 2. The van der Waals surface area contributed by atoms with E-state index in [9.17, 15) is 8.42 Å². The molecule has 0 bridgehead atoms. The number of anilines is 1.